The van der Waals surface area contributed by atoms with E-state index in [1.54, 1.807) is 19.1 Å². The first kappa shape index (κ1) is 22.7. The average molecular weight is 431 g/mol. The minimum absolute atomic E-state index is 0.0431. The van der Waals surface area contributed by atoms with Gasteiger partial charge in [-0.05, 0) is 31.9 Å². The summed E-state index contributed by atoms with van der Waals surface area (Å²) in [6.45, 7) is 6.05. The summed E-state index contributed by atoms with van der Waals surface area (Å²) in [5.74, 6) is -2.34. The second-order valence-corrected chi connectivity index (χ2v) is 8.83. The van der Waals surface area contributed by atoms with Crippen molar-refractivity contribution in [1.82, 2.24) is 5.32 Å². The Morgan fingerprint density at radius 1 is 1.03 bits per heavy atom. The van der Waals surface area contributed by atoms with Gasteiger partial charge in [0.1, 0.15) is 11.5 Å². The van der Waals surface area contributed by atoms with Crippen LogP contribution in [-0.4, -0.2) is 50.8 Å². The van der Waals surface area contributed by atoms with Crippen LogP contribution in [0.1, 0.15) is 38.3 Å². The Balaban J connectivity index is 2.07. The van der Waals surface area contributed by atoms with Gasteiger partial charge in [0.25, 0.3) is 0 Å². The number of methoxy groups -OCH3 is 2. The first-order chi connectivity index (χ1) is 13.9. The number of hydrogen-bond donors (Lipinski definition) is 1. The summed E-state index contributed by atoms with van der Waals surface area (Å²) in [5, 5.41) is 2.23. The molecular weight excluding hydrogens is 403 g/mol. The van der Waals surface area contributed by atoms with Crippen molar-refractivity contribution < 1.29 is 36.9 Å². The number of hydrogen-bond acceptors (Lipinski definition) is 5. The van der Waals surface area contributed by atoms with Crippen LogP contribution in [0.5, 0.6) is 11.5 Å². The lowest BCUT2D eigenvalue weighted by Gasteiger charge is -2.54. The summed E-state index contributed by atoms with van der Waals surface area (Å²) in [7, 11) is 3.02. The van der Waals surface area contributed by atoms with Crippen molar-refractivity contribution in [3.05, 3.63) is 23.3 Å². The highest BCUT2D eigenvalue weighted by Gasteiger charge is 2.58. The Bertz CT molecular complexity index is 814. The fraction of sp³-hybridized carbons (Fsp3) is 0.667. The van der Waals surface area contributed by atoms with E-state index in [0.29, 0.717) is 23.5 Å². The molecular formula is C21H28F3NO5. The minimum atomic E-state index is -5.03. The smallest absolute Gasteiger partial charge is 0.471 e. The predicted molar refractivity (Wildman–Crippen MR) is 103 cm³/mol. The zero-order valence-corrected chi connectivity index (χ0v) is 17.9. The molecule has 1 aromatic carbocycles. The second kappa shape index (κ2) is 7.60. The molecule has 9 heteroatoms. The monoisotopic (exact) mass is 431 g/mol. The Hall–Kier alpha value is -2.00. The molecule has 1 aromatic rings. The number of benzene rings is 1. The van der Waals surface area contributed by atoms with Gasteiger partial charge in [0.15, 0.2) is 5.79 Å². The summed E-state index contributed by atoms with van der Waals surface area (Å²) in [5.41, 5.74) is -0.220. The number of ether oxygens (including phenoxy) is 4. The Kier molecular flexibility index (Phi) is 5.75. The van der Waals surface area contributed by atoms with E-state index in [-0.39, 0.29) is 31.5 Å². The fourth-order valence-corrected chi connectivity index (χ4v) is 4.15. The van der Waals surface area contributed by atoms with Crippen molar-refractivity contribution in [3.8, 4) is 11.5 Å². The molecule has 1 heterocycles. The van der Waals surface area contributed by atoms with E-state index in [1.165, 1.54) is 14.2 Å². The quantitative estimate of drug-likeness (QED) is 0.792. The molecule has 2 aliphatic rings. The largest absolute Gasteiger partial charge is 0.496 e. The lowest BCUT2D eigenvalue weighted by Crippen LogP contribution is -2.71. The number of amides is 1. The van der Waals surface area contributed by atoms with E-state index < -0.39 is 23.4 Å². The molecule has 1 N–H and O–H groups in total. The molecule has 1 fully saturated rings. The highest BCUT2D eigenvalue weighted by molar-refractivity contribution is 5.82. The van der Waals surface area contributed by atoms with E-state index >= 15 is 0 Å². The lowest BCUT2D eigenvalue weighted by atomic mass is 9.71. The first-order valence-electron chi connectivity index (χ1n) is 9.76. The fourth-order valence-electron chi connectivity index (χ4n) is 4.15. The number of alkyl halides is 3. The maximum absolute atomic E-state index is 13.2. The van der Waals surface area contributed by atoms with Gasteiger partial charge in [0.05, 0.1) is 33.0 Å². The molecule has 3 rings (SSSR count). The third-order valence-corrected chi connectivity index (χ3v) is 6.02. The molecule has 1 aliphatic carbocycles. The number of nitrogens with one attached hydrogen (secondary N) is 1. The van der Waals surface area contributed by atoms with Crippen LogP contribution in [0.3, 0.4) is 0 Å². The van der Waals surface area contributed by atoms with Gasteiger partial charge in [0.2, 0.25) is 0 Å². The molecule has 1 aliphatic heterocycles. The van der Waals surface area contributed by atoms with Crippen molar-refractivity contribution in [2.45, 2.75) is 57.5 Å². The van der Waals surface area contributed by atoms with Crippen molar-refractivity contribution >= 4 is 5.91 Å². The van der Waals surface area contributed by atoms with E-state index in [4.69, 9.17) is 18.9 Å². The maximum atomic E-state index is 13.2. The molecule has 0 saturated carbocycles. The van der Waals surface area contributed by atoms with E-state index in [9.17, 15) is 18.0 Å². The zero-order chi connectivity index (χ0) is 22.4. The van der Waals surface area contributed by atoms with Crippen LogP contribution >= 0.6 is 0 Å². The number of carbonyl (C=O) groups excluding carboxylic acids is 1. The lowest BCUT2D eigenvalue weighted by molar-refractivity contribution is -0.324. The minimum Gasteiger partial charge on any atom is -0.496 e. The maximum Gasteiger partial charge on any atom is 0.471 e. The number of carbonyl (C=O) groups is 1. The summed E-state index contributed by atoms with van der Waals surface area (Å²) < 4.78 is 62.5. The standard InChI is InChI=1S/C21H28F3NO5/c1-18(2)11-29-19(3,30-12-18)20(25-17(26)21(22,23)24)9-8-13-14(10-20)16(28-5)7-6-15(13)27-4/h6-7H,8-12H2,1-5H3,(H,25,26)/t20-/m0/s1. The van der Waals surface area contributed by atoms with Gasteiger partial charge < -0.3 is 24.3 Å². The van der Waals surface area contributed by atoms with Gasteiger partial charge in [-0.15, -0.1) is 0 Å². The van der Waals surface area contributed by atoms with Gasteiger partial charge >= 0.3 is 12.1 Å². The third kappa shape index (κ3) is 3.97. The SMILES string of the molecule is COc1ccc(OC)c2c1CC[C@@](NC(=O)C(F)(F)F)(C1(C)OCC(C)(C)CO1)C2. The van der Waals surface area contributed by atoms with Crippen LogP contribution in [0.15, 0.2) is 12.1 Å². The van der Waals surface area contributed by atoms with Gasteiger partial charge in [-0.3, -0.25) is 4.79 Å². The third-order valence-electron chi connectivity index (χ3n) is 6.02. The first-order valence-corrected chi connectivity index (χ1v) is 9.76. The molecule has 0 unspecified atom stereocenters. The van der Waals surface area contributed by atoms with Crippen LogP contribution in [0.4, 0.5) is 13.2 Å². The van der Waals surface area contributed by atoms with Gasteiger partial charge in [-0.1, -0.05) is 13.8 Å². The second-order valence-electron chi connectivity index (χ2n) is 8.83. The van der Waals surface area contributed by atoms with E-state index in [0.717, 1.165) is 5.56 Å². The molecule has 0 radical (unpaired) electrons. The summed E-state index contributed by atoms with van der Waals surface area (Å²) in [6, 6.07) is 3.46. The Labute approximate surface area is 174 Å². The highest BCUT2D eigenvalue weighted by atomic mass is 19.4. The average Bonchev–Trinajstić information content (AvgIpc) is 2.68. The molecule has 1 atom stereocenters. The van der Waals surface area contributed by atoms with E-state index in [1.807, 2.05) is 13.8 Å². The Morgan fingerprint density at radius 3 is 2.07 bits per heavy atom. The predicted octanol–water partition coefficient (Wildman–Crippen LogP) is 3.40. The molecule has 6 nitrogen and oxygen atoms in total. The molecule has 1 saturated heterocycles. The van der Waals surface area contributed by atoms with Crippen LogP contribution in [0, 0.1) is 5.41 Å². The van der Waals surface area contributed by atoms with Crippen molar-refractivity contribution in [3.63, 3.8) is 0 Å². The van der Waals surface area contributed by atoms with Crippen molar-refractivity contribution in [1.29, 1.82) is 0 Å². The molecule has 0 aromatic heterocycles. The van der Waals surface area contributed by atoms with Crippen LogP contribution in [0.25, 0.3) is 0 Å². The normalized spacial score (nSPS) is 25.2. The topological polar surface area (TPSA) is 66.0 Å². The van der Waals surface area contributed by atoms with Gasteiger partial charge in [-0.25, -0.2) is 0 Å². The molecule has 0 spiro atoms. The molecule has 168 valence electrons. The number of halogens is 3. The van der Waals surface area contributed by atoms with Gasteiger partial charge in [-0.2, -0.15) is 13.2 Å². The highest BCUT2D eigenvalue weighted by Crippen LogP contribution is 2.47. The Morgan fingerprint density at radius 2 is 1.57 bits per heavy atom. The van der Waals surface area contributed by atoms with Crippen LogP contribution in [-0.2, 0) is 27.1 Å². The van der Waals surface area contributed by atoms with Crippen LogP contribution < -0.4 is 14.8 Å². The number of fused-ring (bicyclic) bond motifs is 1. The summed E-state index contributed by atoms with van der Waals surface area (Å²) >= 11 is 0. The molecule has 0 bridgehead atoms. The molecule has 1 amide bonds. The van der Waals surface area contributed by atoms with Crippen molar-refractivity contribution in [2.24, 2.45) is 5.41 Å². The van der Waals surface area contributed by atoms with Gasteiger partial charge in [0, 0.05) is 23.0 Å². The summed E-state index contributed by atoms with van der Waals surface area (Å²) in [4.78, 5) is 12.0. The summed E-state index contributed by atoms with van der Waals surface area (Å²) in [6.07, 6.45) is -4.45. The molecule has 30 heavy (non-hydrogen) atoms. The zero-order valence-electron chi connectivity index (χ0n) is 17.9. The van der Waals surface area contributed by atoms with Crippen molar-refractivity contribution in [2.75, 3.05) is 27.4 Å². The number of rotatable bonds is 4. The van der Waals surface area contributed by atoms with E-state index in [2.05, 4.69) is 5.32 Å². The van der Waals surface area contributed by atoms with Crippen LogP contribution in [0.2, 0.25) is 0 Å².